The van der Waals surface area contributed by atoms with E-state index in [1.165, 1.54) is 66.3 Å². The van der Waals surface area contributed by atoms with Crippen molar-refractivity contribution in [1.29, 1.82) is 0 Å². The zero-order valence-electron chi connectivity index (χ0n) is 38.1. The molecule has 2 heterocycles. The number of fused-ring (bicyclic) bond motifs is 6. The maximum Gasteiger partial charge on any atom is 0.164 e. The fourth-order valence-corrected chi connectivity index (χ4v) is 9.55. The molecule has 1 aliphatic rings. The number of rotatable bonds is 6. The van der Waals surface area contributed by atoms with E-state index >= 15 is 0 Å². The maximum atomic E-state index is 4.95. The van der Waals surface area contributed by atoms with Crippen molar-refractivity contribution in [3.8, 4) is 73.2 Å². The van der Waals surface area contributed by atoms with Crippen molar-refractivity contribution >= 4 is 21.8 Å². The zero-order valence-corrected chi connectivity index (χ0v) is 38.1. The number of nitrogens with zero attached hydrogens (tertiary/aromatic N) is 4. The lowest BCUT2D eigenvalue weighted by Crippen LogP contribution is -2.14. The first-order valence-corrected chi connectivity index (χ1v) is 22.8. The first-order chi connectivity index (χ1) is 32.9. The van der Waals surface area contributed by atoms with E-state index in [-0.39, 0.29) is 5.41 Å². The van der Waals surface area contributed by atoms with Crippen LogP contribution >= 0.6 is 0 Å². The number of hydrogen-bond acceptors (Lipinski definition) is 3. The maximum absolute atomic E-state index is 4.95. The van der Waals surface area contributed by atoms with Crippen LogP contribution in [0.3, 0.4) is 0 Å². The minimum Gasteiger partial charge on any atom is -0.309 e. The minimum atomic E-state index is 0.160. The summed E-state index contributed by atoms with van der Waals surface area (Å²) >= 11 is 0. The molecule has 0 radical (unpaired) electrons. The van der Waals surface area contributed by atoms with Crippen LogP contribution in [0.5, 0.6) is 0 Å². The van der Waals surface area contributed by atoms with Gasteiger partial charge in [0.05, 0.1) is 11.0 Å². The third-order valence-corrected chi connectivity index (χ3v) is 12.8. The minimum absolute atomic E-state index is 0.160. The van der Waals surface area contributed by atoms with E-state index in [1.54, 1.807) is 0 Å². The standard InChI is InChI=1S/C46H32N4.C15H14.C2H4/c1-31-23-28-42-41(29-31)40-22-12-21-39(43(40)50(42)38-20-11-19-37(30-38)32-13-5-2-6-14-32)33-24-26-36(27-25-33)46-48-44(34-15-7-3-8-16-34)47-45(49-46)35-17-9-4-10-18-35;1-15(2)13-9-5-3-7-11(13)12-8-4-6-10-14(12)15;1-2/h2-30H,1H3;3-10H,1-2H3;1-2H2. The molecule has 4 heteroatoms. The fourth-order valence-electron chi connectivity index (χ4n) is 9.55. The van der Waals surface area contributed by atoms with Crippen molar-refractivity contribution in [3.05, 3.63) is 254 Å². The third-order valence-electron chi connectivity index (χ3n) is 12.8. The number of hydrogen-bond donors (Lipinski definition) is 0. The Morgan fingerprint density at radius 3 is 1.39 bits per heavy atom. The van der Waals surface area contributed by atoms with Gasteiger partial charge in [-0.05, 0) is 70.1 Å². The number of para-hydroxylation sites is 1. The summed E-state index contributed by atoms with van der Waals surface area (Å²) in [4.78, 5) is 14.8. The van der Waals surface area contributed by atoms with Crippen molar-refractivity contribution in [3.63, 3.8) is 0 Å². The van der Waals surface area contributed by atoms with E-state index in [2.05, 4.69) is 202 Å². The van der Waals surface area contributed by atoms with Gasteiger partial charge in [0.2, 0.25) is 0 Å². The van der Waals surface area contributed by atoms with Crippen LogP contribution in [0.2, 0.25) is 0 Å². The molecule has 4 nitrogen and oxygen atoms in total. The van der Waals surface area contributed by atoms with Gasteiger partial charge in [0.1, 0.15) is 0 Å². The Labute approximate surface area is 393 Å². The van der Waals surface area contributed by atoms with Gasteiger partial charge in [-0.3, -0.25) is 0 Å². The van der Waals surface area contributed by atoms with Crippen molar-refractivity contribution in [2.75, 3.05) is 0 Å². The molecule has 0 aliphatic heterocycles. The number of benzene rings is 9. The Bertz CT molecular complexity index is 3410. The van der Waals surface area contributed by atoms with Crippen LogP contribution in [0.25, 0.3) is 95.0 Å². The quantitative estimate of drug-likeness (QED) is 0.156. The summed E-state index contributed by atoms with van der Waals surface area (Å²) < 4.78 is 2.42. The first-order valence-electron chi connectivity index (χ1n) is 22.8. The van der Waals surface area contributed by atoms with E-state index in [4.69, 9.17) is 15.0 Å². The molecule has 0 saturated heterocycles. The molecule has 0 N–H and O–H groups in total. The second kappa shape index (κ2) is 18.2. The summed E-state index contributed by atoms with van der Waals surface area (Å²) in [6.45, 7) is 12.8. The lowest BCUT2D eigenvalue weighted by molar-refractivity contribution is 0.660. The highest BCUT2D eigenvalue weighted by Gasteiger charge is 2.34. The van der Waals surface area contributed by atoms with Crippen LogP contribution in [0, 0.1) is 6.92 Å². The van der Waals surface area contributed by atoms with Crippen LogP contribution in [-0.4, -0.2) is 19.5 Å². The molecule has 0 bridgehead atoms. The largest absolute Gasteiger partial charge is 0.309 e. The second-order valence-corrected chi connectivity index (χ2v) is 17.3. The van der Waals surface area contributed by atoms with Crippen LogP contribution in [0.4, 0.5) is 0 Å². The van der Waals surface area contributed by atoms with Gasteiger partial charge in [-0.15, -0.1) is 13.2 Å². The molecule has 0 saturated carbocycles. The SMILES string of the molecule is C=C.CC1(C)c2ccccc2-c2ccccc21.Cc1ccc2c(c1)c1cccc(-c3ccc(-c4nc(-c5ccccc5)nc(-c5ccccc5)n4)cc3)c1n2-c1cccc(-c2ccccc2)c1. The molecular weight excluding hydrogens is 813 g/mol. The molecule has 322 valence electrons. The van der Waals surface area contributed by atoms with Crippen LogP contribution in [0.1, 0.15) is 30.5 Å². The van der Waals surface area contributed by atoms with E-state index in [0.717, 1.165) is 27.9 Å². The Kier molecular flexibility index (Phi) is 11.5. The van der Waals surface area contributed by atoms with Crippen LogP contribution < -0.4 is 0 Å². The topological polar surface area (TPSA) is 43.6 Å². The van der Waals surface area contributed by atoms with Gasteiger partial charge in [-0.1, -0.05) is 220 Å². The summed E-state index contributed by atoms with van der Waals surface area (Å²) in [7, 11) is 0. The molecule has 67 heavy (non-hydrogen) atoms. The predicted molar refractivity (Wildman–Crippen MR) is 281 cm³/mol. The Morgan fingerprint density at radius 2 is 0.821 bits per heavy atom. The molecule has 0 unspecified atom stereocenters. The monoisotopic (exact) mass is 862 g/mol. The Morgan fingerprint density at radius 1 is 0.373 bits per heavy atom. The summed E-state index contributed by atoms with van der Waals surface area (Å²) in [5.74, 6) is 1.95. The molecule has 12 rings (SSSR count). The average Bonchev–Trinajstić information content (AvgIpc) is 3.85. The van der Waals surface area contributed by atoms with Crippen molar-refractivity contribution in [1.82, 2.24) is 19.5 Å². The summed E-state index contributed by atoms with van der Waals surface area (Å²) in [5, 5.41) is 2.48. The highest BCUT2D eigenvalue weighted by atomic mass is 15.0. The highest BCUT2D eigenvalue weighted by Crippen LogP contribution is 2.48. The van der Waals surface area contributed by atoms with Gasteiger partial charge in [0.25, 0.3) is 0 Å². The molecule has 0 fully saturated rings. The summed E-state index contributed by atoms with van der Waals surface area (Å²) in [6.07, 6.45) is 0. The molecule has 0 atom stereocenters. The van der Waals surface area contributed by atoms with Gasteiger partial charge in [0.15, 0.2) is 17.5 Å². The molecule has 0 spiro atoms. The van der Waals surface area contributed by atoms with Crippen molar-refractivity contribution in [2.24, 2.45) is 0 Å². The van der Waals surface area contributed by atoms with Gasteiger partial charge in [-0.2, -0.15) is 0 Å². The lowest BCUT2D eigenvalue weighted by Gasteiger charge is -2.20. The first kappa shape index (κ1) is 42.5. The number of aromatic nitrogens is 4. The smallest absolute Gasteiger partial charge is 0.164 e. The highest BCUT2D eigenvalue weighted by molar-refractivity contribution is 6.14. The molecule has 1 aliphatic carbocycles. The van der Waals surface area contributed by atoms with Crippen LogP contribution in [0.15, 0.2) is 238 Å². The van der Waals surface area contributed by atoms with Gasteiger partial charge in [-0.25, -0.2) is 15.0 Å². The molecule has 11 aromatic rings. The van der Waals surface area contributed by atoms with Crippen molar-refractivity contribution in [2.45, 2.75) is 26.2 Å². The molecule has 0 amide bonds. The third kappa shape index (κ3) is 8.04. The van der Waals surface area contributed by atoms with Crippen LogP contribution in [-0.2, 0) is 5.41 Å². The number of aryl methyl sites for hydroxylation is 1. The van der Waals surface area contributed by atoms with Gasteiger partial charge in [0, 0.05) is 44.1 Å². The van der Waals surface area contributed by atoms with Gasteiger partial charge >= 0.3 is 0 Å². The predicted octanol–water partition coefficient (Wildman–Crippen LogP) is 16.4. The molecule has 9 aromatic carbocycles. The van der Waals surface area contributed by atoms with E-state index in [9.17, 15) is 0 Å². The molecule has 2 aromatic heterocycles. The normalized spacial score (nSPS) is 12.0. The van der Waals surface area contributed by atoms with E-state index in [0.29, 0.717) is 17.5 Å². The fraction of sp³-hybridized carbons (Fsp3) is 0.0635. The second-order valence-electron chi connectivity index (χ2n) is 17.3. The zero-order chi connectivity index (χ0) is 45.9. The van der Waals surface area contributed by atoms with E-state index in [1.807, 2.05) is 60.7 Å². The lowest BCUT2D eigenvalue weighted by atomic mass is 9.82. The summed E-state index contributed by atoms with van der Waals surface area (Å²) in [5.41, 5.74) is 18.1. The Hall–Kier alpha value is -8.47. The van der Waals surface area contributed by atoms with E-state index < -0.39 is 0 Å². The molecular formula is C63H50N4. The average molecular weight is 863 g/mol. The summed E-state index contributed by atoms with van der Waals surface area (Å²) in [6, 6.07) is 79.1. The van der Waals surface area contributed by atoms with Gasteiger partial charge < -0.3 is 4.57 Å². The van der Waals surface area contributed by atoms with Crippen molar-refractivity contribution < 1.29 is 0 Å². The Balaban J connectivity index is 0.000000259.